The largest absolute Gasteiger partial charge is 0.329 e. The van der Waals surface area contributed by atoms with Crippen LogP contribution in [-0.4, -0.2) is 47.9 Å². The molecule has 4 aromatic carbocycles. The van der Waals surface area contributed by atoms with E-state index in [0.717, 1.165) is 76.1 Å². The van der Waals surface area contributed by atoms with Crippen molar-refractivity contribution in [2.75, 3.05) is 18.0 Å². The number of carbonyl (C=O) groups excluding carboxylic acids is 1. The lowest BCUT2D eigenvalue weighted by atomic mass is 10.1. The predicted molar refractivity (Wildman–Crippen MR) is 199 cm³/mol. The molecular formula is C42H45N7O. The average molecular weight is 664 g/mol. The predicted octanol–water partition coefficient (Wildman–Crippen LogP) is 7.46. The summed E-state index contributed by atoms with van der Waals surface area (Å²) in [5.41, 5.74) is 7.37. The number of benzene rings is 4. The Morgan fingerprint density at radius 2 is 1.08 bits per heavy atom. The van der Waals surface area contributed by atoms with Gasteiger partial charge in [0.05, 0.1) is 23.3 Å². The molecule has 0 saturated heterocycles. The number of amides is 1. The van der Waals surface area contributed by atoms with Gasteiger partial charge in [0.15, 0.2) is 0 Å². The van der Waals surface area contributed by atoms with E-state index in [1.165, 1.54) is 28.2 Å². The Morgan fingerprint density at radius 1 is 0.600 bits per heavy atom. The molecule has 254 valence electrons. The van der Waals surface area contributed by atoms with Gasteiger partial charge in [0.1, 0.15) is 5.82 Å². The van der Waals surface area contributed by atoms with Crippen molar-refractivity contribution in [3.8, 4) is 0 Å². The number of carbonyl (C=O) groups is 1. The summed E-state index contributed by atoms with van der Waals surface area (Å²) in [6.07, 6.45) is 5.32. The van der Waals surface area contributed by atoms with Gasteiger partial charge in [0, 0.05) is 71.4 Å². The molecule has 8 rings (SSSR count). The summed E-state index contributed by atoms with van der Waals surface area (Å²) in [7, 11) is 0. The van der Waals surface area contributed by atoms with Crippen LogP contribution in [0.3, 0.4) is 0 Å². The van der Waals surface area contributed by atoms with Crippen LogP contribution in [0.15, 0.2) is 134 Å². The molecule has 2 aromatic heterocycles. The first-order valence-corrected chi connectivity index (χ1v) is 17.7. The van der Waals surface area contributed by atoms with Crippen molar-refractivity contribution in [2.24, 2.45) is 0 Å². The molecule has 0 atom stereocenters. The topological polar surface area (TPSA) is 62.4 Å². The van der Waals surface area contributed by atoms with E-state index in [2.05, 4.69) is 120 Å². The minimum Gasteiger partial charge on any atom is -0.329 e. The van der Waals surface area contributed by atoms with Crippen LogP contribution >= 0.6 is 0 Å². The summed E-state index contributed by atoms with van der Waals surface area (Å²) in [6.45, 7) is 9.54. The van der Waals surface area contributed by atoms with Crippen molar-refractivity contribution in [1.29, 1.82) is 0 Å². The smallest absolute Gasteiger partial charge is 0.233 e. The van der Waals surface area contributed by atoms with Gasteiger partial charge in [0.2, 0.25) is 11.9 Å². The minimum absolute atomic E-state index is 0.0568. The van der Waals surface area contributed by atoms with Gasteiger partial charge in [-0.2, -0.15) is 0 Å². The van der Waals surface area contributed by atoms with Gasteiger partial charge in [-0.15, -0.1) is 0 Å². The highest BCUT2D eigenvalue weighted by molar-refractivity contribution is 5.98. The number of hydrogen-bond acceptors (Lipinski definition) is 5. The van der Waals surface area contributed by atoms with Gasteiger partial charge in [-0.05, 0) is 28.8 Å². The quantitative estimate of drug-likeness (QED) is 0.161. The van der Waals surface area contributed by atoms with Gasteiger partial charge in [-0.3, -0.25) is 19.5 Å². The molecule has 2 aliphatic rings. The summed E-state index contributed by atoms with van der Waals surface area (Å²) < 4.78 is 4.58. The third-order valence-corrected chi connectivity index (χ3v) is 9.46. The first-order chi connectivity index (χ1) is 24.6. The molecule has 1 amide bonds. The van der Waals surface area contributed by atoms with E-state index >= 15 is 0 Å². The molecular weight excluding hydrogens is 619 g/mol. The second-order valence-corrected chi connectivity index (χ2v) is 13.0. The van der Waals surface area contributed by atoms with Crippen LogP contribution in [0.1, 0.15) is 47.2 Å². The molecule has 0 aliphatic carbocycles. The minimum atomic E-state index is 0.0568. The van der Waals surface area contributed by atoms with Gasteiger partial charge >= 0.3 is 0 Å². The Balaban J connectivity index is 0.000000159. The average Bonchev–Trinajstić information content (AvgIpc) is 3.77. The van der Waals surface area contributed by atoms with Crippen molar-refractivity contribution < 1.29 is 4.79 Å². The number of fused-ring (bicyclic) bond motifs is 2. The summed E-state index contributed by atoms with van der Waals surface area (Å²) in [4.78, 5) is 28.6. The number of anilines is 2. The molecule has 8 heteroatoms. The molecule has 0 saturated carbocycles. The monoisotopic (exact) mass is 663 g/mol. The number of aromatic nitrogens is 4. The van der Waals surface area contributed by atoms with E-state index < -0.39 is 0 Å². The Labute approximate surface area is 295 Å². The van der Waals surface area contributed by atoms with Crippen molar-refractivity contribution in [3.63, 3.8) is 0 Å². The van der Waals surface area contributed by atoms with Crippen LogP contribution < -0.4 is 4.90 Å². The van der Waals surface area contributed by atoms with E-state index in [4.69, 9.17) is 0 Å². The number of para-hydroxylation sites is 1. The maximum absolute atomic E-state index is 12.7. The van der Waals surface area contributed by atoms with Gasteiger partial charge in [-0.1, -0.05) is 116 Å². The Bertz CT molecular complexity index is 1960. The lowest BCUT2D eigenvalue weighted by Crippen LogP contribution is -2.35. The molecule has 2 aliphatic heterocycles. The second-order valence-electron chi connectivity index (χ2n) is 13.0. The first kappa shape index (κ1) is 33.2. The lowest BCUT2D eigenvalue weighted by molar-refractivity contribution is -0.117. The normalized spacial score (nSPS) is 14.3. The molecule has 0 unspecified atom stereocenters. The van der Waals surface area contributed by atoms with Crippen LogP contribution in [0, 0.1) is 0 Å². The fourth-order valence-electron chi connectivity index (χ4n) is 6.88. The van der Waals surface area contributed by atoms with Crippen molar-refractivity contribution in [1.82, 2.24) is 28.9 Å². The molecule has 0 spiro atoms. The zero-order chi connectivity index (χ0) is 34.1. The van der Waals surface area contributed by atoms with Crippen molar-refractivity contribution in [3.05, 3.63) is 168 Å². The highest BCUT2D eigenvalue weighted by Crippen LogP contribution is 2.29. The summed E-state index contributed by atoms with van der Waals surface area (Å²) in [5.74, 6) is 1.97. The van der Waals surface area contributed by atoms with Crippen LogP contribution in [0.5, 0.6) is 0 Å². The van der Waals surface area contributed by atoms with Crippen LogP contribution in [0.2, 0.25) is 0 Å². The Hall–Kier alpha value is -5.31. The summed E-state index contributed by atoms with van der Waals surface area (Å²) >= 11 is 0. The highest BCUT2D eigenvalue weighted by atomic mass is 16.2. The van der Waals surface area contributed by atoms with Crippen molar-refractivity contribution >= 4 is 17.5 Å². The second kappa shape index (κ2) is 15.9. The number of imidazole rings is 2. The zero-order valence-corrected chi connectivity index (χ0v) is 28.8. The third-order valence-electron chi connectivity index (χ3n) is 9.46. The van der Waals surface area contributed by atoms with E-state index in [1.807, 2.05) is 49.5 Å². The molecule has 0 radical (unpaired) electrons. The third kappa shape index (κ3) is 7.94. The van der Waals surface area contributed by atoms with E-state index in [9.17, 15) is 4.79 Å². The molecule has 50 heavy (non-hydrogen) atoms. The first-order valence-electron chi connectivity index (χ1n) is 17.7. The summed E-state index contributed by atoms with van der Waals surface area (Å²) in [6, 6.07) is 41.6. The van der Waals surface area contributed by atoms with E-state index in [0.29, 0.717) is 6.42 Å². The Morgan fingerprint density at radius 3 is 1.64 bits per heavy atom. The summed E-state index contributed by atoms with van der Waals surface area (Å²) in [5, 5.41) is 0. The molecule has 0 N–H and O–H groups in total. The van der Waals surface area contributed by atoms with Gasteiger partial charge in [-0.25, -0.2) is 9.97 Å². The number of nitrogens with zero attached hydrogens (tertiary/aromatic N) is 7. The zero-order valence-electron chi connectivity index (χ0n) is 28.8. The molecule has 8 nitrogen and oxygen atoms in total. The number of hydrogen-bond donors (Lipinski definition) is 0. The SMILES string of the molecule is CCC(=O)N(c1ccccc1)c1ncc2n1CCN(Cc1ccccc1)C2.c1ccc(Cc2ncc3n2CCN(Cc2ccccc2)C3)cc1. The highest BCUT2D eigenvalue weighted by Gasteiger charge is 2.26. The fourth-order valence-corrected chi connectivity index (χ4v) is 6.88. The molecule has 6 aromatic rings. The Kier molecular flexibility index (Phi) is 10.6. The molecule has 0 bridgehead atoms. The van der Waals surface area contributed by atoms with Crippen LogP contribution in [0.25, 0.3) is 0 Å². The van der Waals surface area contributed by atoms with Crippen molar-refractivity contribution in [2.45, 2.75) is 59.0 Å². The maximum atomic E-state index is 12.7. The van der Waals surface area contributed by atoms with Crippen LogP contribution in [0.4, 0.5) is 11.6 Å². The molecule has 4 heterocycles. The standard InChI is InChI=1S/C22H24N4O.C20H21N3/c1-2-21(27)26(19-11-7-4-8-12-19)22-23-15-20-17-24(13-14-25(20)22)16-18-9-5-3-6-10-18;1-3-7-17(8-4-1)13-20-21-14-19-16-22(11-12-23(19)20)15-18-9-5-2-6-10-18/h3-12,15H,2,13-14,16-17H2,1H3;1-10,14H,11-13,15-16H2. The van der Waals surface area contributed by atoms with Crippen LogP contribution in [-0.2, 0) is 50.5 Å². The van der Waals surface area contributed by atoms with E-state index in [1.54, 1.807) is 4.90 Å². The number of rotatable bonds is 9. The fraction of sp³-hybridized carbons (Fsp3) is 0.262. The van der Waals surface area contributed by atoms with E-state index in [-0.39, 0.29) is 5.91 Å². The maximum Gasteiger partial charge on any atom is 0.233 e. The van der Waals surface area contributed by atoms with Gasteiger partial charge in [0.25, 0.3) is 0 Å². The van der Waals surface area contributed by atoms with Gasteiger partial charge < -0.3 is 9.13 Å². The molecule has 0 fully saturated rings. The lowest BCUT2D eigenvalue weighted by Gasteiger charge is -2.30.